The third-order valence-corrected chi connectivity index (χ3v) is 4.14. The minimum absolute atomic E-state index is 0.0174. The number of anilines is 2. The average molecular weight is 280 g/mol. The van der Waals surface area contributed by atoms with E-state index in [0.717, 1.165) is 5.56 Å². The Morgan fingerprint density at radius 2 is 2.00 bits per heavy atom. The quantitative estimate of drug-likeness (QED) is 0.832. The predicted octanol–water partition coefficient (Wildman–Crippen LogP) is 1.42. The second-order valence-corrected chi connectivity index (χ2v) is 6.08. The maximum Gasteiger partial charge on any atom is 0.280 e. The monoisotopic (exact) mass is 280 g/mol. The number of sulfonamides is 1. The van der Waals surface area contributed by atoms with Crippen LogP contribution < -0.4 is 10.5 Å². The van der Waals surface area contributed by atoms with Gasteiger partial charge in [-0.3, -0.25) is 4.72 Å². The Bertz CT molecular complexity index is 719. The molecular weight excluding hydrogens is 264 g/mol. The number of nitrogens with two attached hydrogens (primary N) is 1. The van der Waals surface area contributed by atoms with Crippen molar-refractivity contribution in [1.29, 1.82) is 0 Å². The van der Waals surface area contributed by atoms with Gasteiger partial charge in [-0.1, -0.05) is 6.07 Å². The smallest absolute Gasteiger partial charge is 0.280 e. The molecule has 0 fully saturated rings. The van der Waals surface area contributed by atoms with Gasteiger partial charge in [0.25, 0.3) is 10.0 Å². The minimum Gasteiger partial charge on any atom is -0.398 e. The minimum atomic E-state index is -3.69. The summed E-state index contributed by atoms with van der Waals surface area (Å²) in [7, 11) is -1.98. The number of nitrogens with zero attached hydrogens (tertiary/aromatic N) is 2. The number of imidazole rings is 1. The van der Waals surface area contributed by atoms with Crippen molar-refractivity contribution in [2.75, 3.05) is 10.5 Å². The highest BCUT2D eigenvalue weighted by Crippen LogP contribution is 2.27. The molecule has 0 amide bonds. The molecule has 3 N–H and O–H groups in total. The third-order valence-electron chi connectivity index (χ3n) is 2.91. The molecule has 7 heteroatoms. The van der Waals surface area contributed by atoms with Crippen LogP contribution in [0.3, 0.4) is 0 Å². The molecule has 1 aromatic carbocycles. The Kier molecular flexibility index (Phi) is 3.23. The molecular formula is C12H16N4O2S. The second-order valence-electron chi connectivity index (χ2n) is 4.45. The number of aromatic nitrogens is 2. The molecule has 0 spiro atoms. The summed E-state index contributed by atoms with van der Waals surface area (Å²) < 4.78 is 28.5. The molecule has 1 aromatic heterocycles. The van der Waals surface area contributed by atoms with Crippen molar-refractivity contribution < 1.29 is 8.42 Å². The Morgan fingerprint density at radius 3 is 2.58 bits per heavy atom. The van der Waals surface area contributed by atoms with Crippen LogP contribution in [0.15, 0.2) is 29.7 Å². The van der Waals surface area contributed by atoms with E-state index in [0.29, 0.717) is 16.9 Å². The highest BCUT2D eigenvalue weighted by molar-refractivity contribution is 7.92. The van der Waals surface area contributed by atoms with Gasteiger partial charge in [-0.05, 0) is 31.0 Å². The van der Waals surface area contributed by atoms with E-state index >= 15 is 0 Å². The van der Waals surface area contributed by atoms with E-state index in [-0.39, 0.29) is 5.03 Å². The highest BCUT2D eigenvalue weighted by Gasteiger charge is 2.19. The molecule has 6 nitrogen and oxygen atoms in total. The number of rotatable bonds is 3. The molecule has 102 valence electrons. The molecule has 1 heterocycles. The summed E-state index contributed by atoms with van der Waals surface area (Å²) in [5, 5.41) is -0.0174. The van der Waals surface area contributed by atoms with E-state index in [1.807, 2.05) is 6.92 Å². The molecule has 0 unspecified atom stereocenters. The fourth-order valence-electron chi connectivity index (χ4n) is 1.73. The topological polar surface area (TPSA) is 90.0 Å². The van der Waals surface area contributed by atoms with E-state index in [1.54, 1.807) is 30.7 Å². The van der Waals surface area contributed by atoms with Crippen LogP contribution in [0.25, 0.3) is 0 Å². The van der Waals surface area contributed by atoms with Crippen molar-refractivity contribution in [3.05, 3.63) is 35.8 Å². The SMILES string of the molecule is Cc1ccc(N)c(C)c1NS(=O)(=O)c1cn(C)cn1. The fraction of sp³-hybridized carbons (Fsp3) is 0.250. The summed E-state index contributed by atoms with van der Waals surface area (Å²) in [4.78, 5) is 3.85. The zero-order valence-electron chi connectivity index (χ0n) is 11.0. The van der Waals surface area contributed by atoms with Crippen LogP contribution in [0.5, 0.6) is 0 Å². The summed E-state index contributed by atoms with van der Waals surface area (Å²) in [5.41, 5.74) is 8.37. The Balaban J connectivity index is 2.44. The Morgan fingerprint density at radius 1 is 1.32 bits per heavy atom. The predicted molar refractivity (Wildman–Crippen MR) is 74.3 cm³/mol. The van der Waals surface area contributed by atoms with Crippen molar-refractivity contribution >= 4 is 21.4 Å². The summed E-state index contributed by atoms with van der Waals surface area (Å²) in [6.07, 6.45) is 2.88. The van der Waals surface area contributed by atoms with E-state index in [2.05, 4.69) is 9.71 Å². The van der Waals surface area contributed by atoms with Crippen molar-refractivity contribution in [3.8, 4) is 0 Å². The number of hydrogen-bond donors (Lipinski definition) is 2. The summed E-state index contributed by atoms with van der Waals surface area (Å²) in [6, 6.07) is 3.53. The number of nitrogen functional groups attached to an aromatic ring is 1. The van der Waals surface area contributed by atoms with Gasteiger partial charge in [0.2, 0.25) is 0 Å². The molecule has 0 atom stereocenters. The van der Waals surface area contributed by atoms with Gasteiger partial charge in [-0.2, -0.15) is 8.42 Å². The number of benzene rings is 1. The first-order chi connectivity index (χ1) is 8.81. The Hall–Kier alpha value is -2.02. The van der Waals surface area contributed by atoms with E-state index in [1.165, 1.54) is 12.5 Å². The van der Waals surface area contributed by atoms with Crippen molar-refractivity contribution in [1.82, 2.24) is 9.55 Å². The van der Waals surface area contributed by atoms with E-state index in [4.69, 9.17) is 5.73 Å². The molecule has 0 saturated carbocycles. The third kappa shape index (κ3) is 2.55. The standard InChI is InChI=1S/C12H16N4O2S/c1-8-4-5-10(13)9(2)12(8)15-19(17,18)11-6-16(3)7-14-11/h4-7,15H,13H2,1-3H3. The first-order valence-electron chi connectivity index (χ1n) is 5.68. The lowest BCUT2D eigenvalue weighted by Crippen LogP contribution is -2.15. The first kappa shape index (κ1) is 13.4. The highest BCUT2D eigenvalue weighted by atomic mass is 32.2. The van der Waals surface area contributed by atoms with Gasteiger partial charge in [0.05, 0.1) is 12.0 Å². The zero-order valence-corrected chi connectivity index (χ0v) is 11.8. The van der Waals surface area contributed by atoms with Crippen LogP contribution in [-0.4, -0.2) is 18.0 Å². The largest absolute Gasteiger partial charge is 0.398 e. The summed E-state index contributed by atoms with van der Waals surface area (Å²) in [6.45, 7) is 3.60. The fourth-order valence-corrected chi connectivity index (χ4v) is 2.91. The normalized spacial score (nSPS) is 11.5. The van der Waals surface area contributed by atoms with Gasteiger partial charge in [-0.15, -0.1) is 0 Å². The maximum atomic E-state index is 12.2. The number of hydrogen-bond acceptors (Lipinski definition) is 4. The van der Waals surface area contributed by atoms with Gasteiger partial charge in [0, 0.05) is 18.9 Å². The van der Waals surface area contributed by atoms with Crippen LogP contribution in [0.1, 0.15) is 11.1 Å². The summed E-state index contributed by atoms with van der Waals surface area (Å²) >= 11 is 0. The lowest BCUT2D eigenvalue weighted by molar-refractivity contribution is 0.598. The second kappa shape index (κ2) is 4.58. The number of aryl methyl sites for hydroxylation is 2. The molecule has 2 aromatic rings. The van der Waals surface area contributed by atoms with Gasteiger partial charge in [0.15, 0.2) is 5.03 Å². The molecule has 0 aliphatic carbocycles. The maximum absolute atomic E-state index is 12.2. The lowest BCUT2D eigenvalue weighted by atomic mass is 10.1. The van der Waals surface area contributed by atoms with Crippen LogP contribution >= 0.6 is 0 Å². The van der Waals surface area contributed by atoms with E-state index in [9.17, 15) is 8.42 Å². The van der Waals surface area contributed by atoms with Gasteiger partial charge < -0.3 is 10.3 Å². The molecule has 0 saturated heterocycles. The van der Waals surface area contributed by atoms with Crippen LogP contribution in [0.4, 0.5) is 11.4 Å². The molecule has 0 bridgehead atoms. The molecule has 19 heavy (non-hydrogen) atoms. The van der Waals surface area contributed by atoms with Crippen molar-refractivity contribution in [2.24, 2.45) is 7.05 Å². The molecule has 2 rings (SSSR count). The van der Waals surface area contributed by atoms with Crippen molar-refractivity contribution in [3.63, 3.8) is 0 Å². The number of nitrogens with one attached hydrogen (secondary N) is 1. The molecule has 0 aliphatic rings. The molecule has 0 aliphatic heterocycles. The average Bonchev–Trinajstić information content (AvgIpc) is 2.77. The van der Waals surface area contributed by atoms with Crippen LogP contribution in [0.2, 0.25) is 0 Å². The molecule has 0 radical (unpaired) electrons. The zero-order chi connectivity index (χ0) is 14.2. The van der Waals surface area contributed by atoms with Gasteiger partial charge >= 0.3 is 0 Å². The Labute approximate surface area is 112 Å². The van der Waals surface area contributed by atoms with Gasteiger partial charge in [0.1, 0.15) is 0 Å². The lowest BCUT2D eigenvalue weighted by Gasteiger charge is -2.13. The van der Waals surface area contributed by atoms with Crippen LogP contribution in [0, 0.1) is 13.8 Å². The van der Waals surface area contributed by atoms with Crippen LogP contribution in [-0.2, 0) is 17.1 Å². The van der Waals surface area contributed by atoms with E-state index < -0.39 is 10.0 Å². The summed E-state index contributed by atoms with van der Waals surface area (Å²) in [5.74, 6) is 0. The van der Waals surface area contributed by atoms with Gasteiger partial charge in [-0.25, -0.2) is 4.98 Å². The van der Waals surface area contributed by atoms with Crippen molar-refractivity contribution in [2.45, 2.75) is 18.9 Å². The first-order valence-corrected chi connectivity index (χ1v) is 7.16.